The van der Waals surface area contributed by atoms with Crippen molar-refractivity contribution in [3.8, 4) is 5.75 Å². The van der Waals surface area contributed by atoms with Crippen molar-refractivity contribution in [1.29, 1.82) is 0 Å². The number of benzene rings is 2. The van der Waals surface area contributed by atoms with Crippen molar-refractivity contribution in [3.63, 3.8) is 0 Å². The summed E-state index contributed by atoms with van der Waals surface area (Å²) in [5.74, 6) is -0.418. The number of methoxy groups -OCH3 is 1. The Labute approximate surface area is 142 Å². The smallest absolute Gasteiger partial charge is 0.356 e. The van der Waals surface area contributed by atoms with Crippen molar-refractivity contribution >= 4 is 28.5 Å². The van der Waals surface area contributed by atoms with Gasteiger partial charge in [0.1, 0.15) is 18.2 Å². The van der Waals surface area contributed by atoms with Gasteiger partial charge < -0.3 is 9.47 Å². The van der Waals surface area contributed by atoms with Gasteiger partial charge in [0.25, 0.3) is 0 Å². The zero-order chi connectivity index (χ0) is 17.1. The Kier molecular flexibility index (Phi) is 4.62. The average Bonchev–Trinajstić information content (AvgIpc) is 2.60. The molecule has 0 saturated carbocycles. The number of halogens is 2. The Morgan fingerprint density at radius 3 is 2.62 bits per heavy atom. The molecule has 0 bridgehead atoms. The molecule has 0 radical (unpaired) electrons. The third kappa shape index (κ3) is 3.46. The molecule has 3 aromatic rings. The fourth-order valence-electron chi connectivity index (χ4n) is 2.24. The summed E-state index contributed by atoms with van der Waals surface area (Å²) in [7, 11) is 1.29. The molecule has 0 aliphatic heterocycles. The maximum Gasteiger partial charge on any atom is 0.356 e. The molecular weight excluding hydrogens is 333 g/mol. The number of hydrogen-bond donors (Lipinski definition) is 0. The van der Waals surface area contributed by atoms with Crippen molar-refractivity contribution < 1.29 is 18.7 Å². The van der Waals surface area contributed by atoms with E-state index in [1.54, 1.807) is 30.3 Å². The van der Waals surface area contributed by atoms with Gasteiger partial charge in [0, 0.05) is 16.5 Å². The molecular formula is C18H13ClFNO3. The minimum atomic E-state index is -0.557. The lowest BCUT2D eigenvalue weighted by atomic mass is 10.1. The molecule has 0 amide bonds. The van der Waals surface area contributed by atoms with Crippen molar-refractivity contribution in [3.05, 3.63) is 70.6 Å². The van der Waals surface area contributed by atoms with Crippen LogP contribution in [0.5, 0.6) is 5.75 Å². The second-order valence-electron chi connectivity index (χ2n) is 5.07. The predicted molar refractivity (Wildman–Crippen MR) is 88.8 cm³/mol. The molecule has 1 heterocycles. The van der Waals surface area contributed by atoms with E-state index in [2.05, 4.69) is 4.98 Å². The number of rotatable bonds is 4. The summed E-state index contributed by atoms with van der Waals surface area (Å²) in [6.07, 6.45) is 0. The van der Waals surface area contributed by atoms with Gasteiger partial charge in [0.2, 0.25) is 0 Å². The fraction of sp³-hybridized carbons (Fsp3) is 0.111. The molecule has 4 nitrogen and oxygen atoms in total. The monoisotopic (exact) mass is 345 g/mol. The first kappa shape index (κ1) is 16.2. The lowest BCUT2D eigenvalue weighted by molar-refractivity contribution is 0.0594. The van der Waals surface area contributed by atoms with Crippen LogP contribution in [-0.2, 0) is 11.3 Å². The molecule has 0 saturated heterocycles. The van der Waals surface area contributed by atoms with Crippen LogP contribution in [0.1, 0.15) is 16.1 Å². The van der Waals surface area contributed by atoms with E-state index in [-0.39, 0.29) is 18.1 Å². The molecule has 0 spiro atoms. The lowest BCUT2D eigenvalue weighted by Crippen LogP contribution is -2.06. The van der Waals surface area contributed by atoms with Crippen LogP contribution in [0.4, 0.5) is 4.39 Å². The van der Waals surface area contributed by atoms with Crippen molar-refractivity contribution in [2.45, 2.75) is 6.61 Å². The molecule has 3 rings (SSSR count). The Balaban J connectivity index is 1.98. The van der Waals surface area contributed by atoms with Crippen molar-refractivity contribution in [2.24, 2.45) is 0 Å². The van der Waals surface area contributed by atoms with Gasteiger partial charge in [-0.2, -0.15) is 0 Å². The summed E-state index contributed by atoms with van der Waals surface area (Å²) in [5, 5.41) is 1.21. The summed E-state index contributed by atoms with van der Waals surface area (Å²) in [5.41, 5.74) is 1.50. The van der Waals surface area contributed by atoms with E-state index in [1.807, 2.05) is 0 Å². The second kappa shape index (κ2) is 6.84. The molecule has 0 aliphatic rings. The summed E-state index contributed by atoms with van der Waals surface area (Å²) in [6.45, 7) is 0.215. The number of hydrogen-bond acceptors (Lipinski definition) is 4. The van der Waals surface area contributed by atoms with Crippen molar-refractivity contribution in [2.75, 3.05) is 7.11 Å². The molecule has 0 aliphatic carbocycles. The highest BCUT2D eigenvalue weighted by Crippen LogP contribution is 2.29. The van der Waals surface area contributed by atoms with E-state index in [0.717, 1.165) is 5.56 Å². The number of pyridine rings is 1. The van der Waals surface area contributed by atoms with E-state index in [9.17, 15) is 9.18 Å². The molecule has 24 heavy (non-hydrogen) atoms. The van der Waals surface area contributed by atoms with E-state index in [0.29, 0.717) is 21.7 Å². The number of esters is 1. The molecule has 2 aromatic carbocycles. The Morgan fingerprint density at radius 2 is 1.92 bits per heavy atom. The molecule has 0 fully saturated rings. The third-order valence-electron chi connectivity index (χ3n) is 3.43. The first-order valence-electron chi connectivity index (χ1n) is 7.12. The van der Waals surface area contributed by atoms with Crippen LogP contribution >= 0.6 is 11.6 Å². The van der Waals surface area contributed by atoms with Crippen LogP contribution in [-0.4, -0.2) is 18.1 Å². The lowest BCUT2D eigenvalue weighted by Gasteiger charge is -2.11. The largest absolute Gasteiger partial charge is 0.488 e. The minimum absolute atomic E-state index is 0.140. The van der Waals surface area contributed by atoms with E-state index in [4.69, 9.17) is 21.1 Å². The number of fused-ring (bicyclic) bond motifs is 1. The number of nitrogens with zero attached hydrogens (tertiary/aromatic N) is 1. The van der Waals surface area contributed by atoms with E-state index < -0.39 is 5.97 Å². The van der Waals surface area contributed by atoms with Crippen LogP contribution in [0.2, 0.25) is 5.02 Å². The van der Waals surface area contributed by atoms with Gasteiger partial charge in [-0.3, -0.25) is 0 Å². The summed E-state index contributed by atoms with van der Waals surface area (Å²) in [6, 6.07) is 12.6. The molecule has 0 unspecified atom stereocenters. The topological polar surface area (TPSA) is 48.4 Å². The zero-order valence-corrected chi connectivity index (χ0v) is 13.5. The van der Waals surface area contributed by atoms with Gasteiger partial charge in [-0.25, -0.2) is 14.2 Å². The van der Waals surface area contributed by atoms with Gasteiger partial charge in [0.15, 0.2) is 5.69 Å². The predicted octanol–water partition coefficient (Wildman–Crippen LogP) is 4.39. The minimum Gasteiger partial charge on any atom is -0.488 e. The maximum absolute atomic E-state index is 13.0. The Morgan fingerprint density at radius 1 is 1.17 bits per heavy atom. The normalized spacial score (nSPS) is 10.6. The first-order chi connectivity index (χ1) is 11.6. The van der Waals surface area contributed by atoms with Crippen LogP contribution in [0, 0.1) is 5.82 Å². The van der Waals surface area contributed by atoms with Crippen LogP contribution in [0.3, 0.4) is 0 Å². The molecule has 0 atom stereocenters. The van der Waals surface area contributed by atoms with Crippen LogP contribution in [0.15, 0.2) is 48.5 Å². The third-order valence-corrected chi connectivity index (χ3v) is 3.67. The molecule has 0 N–H and O–H groups in total. The van der Waals surface area contributed by atoms with Gasteiger partial charge in [-0.1, -0.05) is 23.7 Å². The average molecular weight is 346 g/mol. The van der Waals surface area contributed by atoms with Gasteiger partial charge in [-0.15, -0.1) is 0 Å². The quantitative estimate of drug-likeness (QED) is 0.658. The SMILES string of the molecule is COC(=O)c1cc(OCc2ccc(F)cc2)c2cc(Cl)ccc2n1. The van der Waals surface area contributed by atoms with Gasteiger partial charge in [-0.05, 0) is 35.9 Å². The summed E-state index contributed by atoms with van der Waals surface area (Å²) < 4.78 is 23.5. The van der Waals surface area contributed by atoms with Crippen molar-refractivity contribution in [1.82, 2.24) is 4.98 Å². The summed E-state index contributed by atoms with van der Waals surface area (Å²) in [4.78, 5) is 16.0. The van der Waals surface area contributed by atoms with E-state index >= 15 is 0 Å². The second-order valence-corrected chi connectivity index (χ2v) is 5.51. The number of ether oxygens (including phenoxy) is 2. The maximum atomic E-state index is 13.0. The highest BCUT2D eigenvalue weighted by atomic mass is 35.5. The van der Waals surface area contributed by atoms with Crippen LogP contribution in [0.25, 0.3) is 10.9 Å². The summed E-state index contributed by atoms with van der Waals surface area (Å²) >= 11 is 6.04. The Hall–Kier alpha value is -2.66. The highest BCUT2D eigenvalue weighted by molar-refractivity contribution is 6.31. The fourth-order valence-corrected chi connectivity index (χ4v) is 2.41. The Bertz CT molecular complexity index is 897. The van der Waals surface area contributed by atoms with Crippen LogP contribution < -0.4 is 4.74 Å². The molecule has 1 aromatic heterocycles. The number of aromatic nitrogens is 1. The molecule has 122 valence electrons. The van der Waals surface area contributed by atoms with Gasteiger partial charge >= 0.3 is 5.97 Å². The highest BCUT2D eigenvalue weighted by Gasteiger charge is 2.14. The zero-order valence-electron chi connectivity index (χ0n) is 12.8. The first-order valence-corrected chi connectivity index (χ1v) is 7.50. The number of carbonyl (C=O) groups excluding carboxylic acids is 1. The molecule has 6 heteroatoms. The van der Waals surface area contributed by atoms with E-state index in [1.165, 1.54) is 25.3 Å². The number of carbonyl (C=O) groups is 1. The standard InChI is InChI=1S/C18H13ClFNO3/c1-23-18(22)16-9-17(14-8-12(19)4-7-15(14)21-16)24-10-11-2-5-13(20)6-3-11/h2-9H,10H2,1H3. The van der Waals surface area contributed by atoms with Gasteiger partial charge in [0.05, 0.1) is 12.6 Å².